The number of rotatable bonds is 6. The first kappa shape index (κ1) is 18.3. The van der Waals surface area contributed by atoms with Crippen LogP contribution in [0.25, 0.3) is 22.6 Å². The summed E-state index contributed by atoms with van der Waals surface area (Å²) in [7, 11) is 0. The highest BCUT2D eigenvalue weighted by Crippen LogP contribution is 2.25. The van der Waals surface area contributed by atoms with Crippen molar-refractivity contribution in [2.75, 3.05) is 5.32 Å². The lowest BCUT2D eigenvalue weighted by Crippen LogP contribution is -2.15. The van der Waals surface area contributed by atoms with Gasteiger partial charge in [0.25, 0.3) is 0 Å². The number of hydrogen-bond donors (Lipinski definition) is 1. The van der Waals surface area contributed by atoms with Crippen LogP contribution < -0.4 is 5.32 Å². The molecule has 1 N–H and O–H groups in total. The Hall–Kier alpha value is -3.06. The van der Waals surface area contributed by atoms with E-state index in [4.69, 9.17) is 4.98 Å². The highest BCUT2D eigenvalue weighted by molar-refractivity contribution is 7.15. The number of amides is 1. The lowest BCUT2D eigenvalue weighted by Gasteiger charge is -2.08. The average Bonchev–Trinajstić information content (AvgIpc) is 3.26. The number of nitrogens with zero attached hydrogens (tertiary/aromatic N) is 4. The fourth-order valence-electron chi connectivity index (χ4n) is 3.20. The summed E-state index contributed by atoms with van der Waals surface area (Å²) in [5, 5.41) is 3.59. The van der Waals surface area contributed by atoms with Crippen molar-refractivity contribution in [2.24, 2.45) is 0 Å². The molecule has 4 rings (SSSR count). The van der Waals surface area contributed by atoms with Crippen molar-refractivity contribution in [1.29, 1.82) is 0 Å². The van der Waals surface area contributed by atoms with Crippen molar-refractivity contribution in [1.82, 2.24) is 19.5 Å². The maximum Gasteiger partial charge on any atom is 0.227 e. The SMILES string of the molecule is CCc1nc(NC(=O)CCn2c(-c3ccccn3)nc3ccccc32)sc1C. The molecule has 1 aromatic carbocycles. The minimum absolute atomic E-state index is 0.0545. The second kappa shape index (κ2) is 7.90. The van der Waals surface area contributed by atoms with Crippen molar-refractivity contribution >= 4 is 33.4 Å². The van der Waals surface area contributed by atoms with E-state index in [1.165, 1.54) is 11.3 Å². The summed E-state index contributed by atoms with van der Waals surface area (Å²) >= 11 is 1.52. The molecule has 0 unspecified atom stereocenters. The summed E-state index contributed by atoms with van der Waals surface area (Å²) in [4.78, 5) is 27.3. The zero-order chi connectivity index (χ0) is 19.5. The Morgan fingerprint density at radius 2 is 1.96 bits per heavy atom. The lowest BCUT2D eigenvalue weighted by molar-refractivity contribution is -0.116. The molecule has 3 heterocycles. The number of carbonyl (C=O) groups excluding carboxylic acids is 1. The predicted octanol–water partition coefficient (Wildman–Crippen LogP) is 4.45. The number of anilines is 1. The number of aromatic nitrogens is 4. The molecule has 0 atom stereocenters. The Morgan fingerprint density at radius 3 is 2.71 bits per heavy atom. The molecule has 0 aliphatic heterocycles. The molecular weight excluding hydrogens is 370 g/mol. The molecule has 0 fully saturated rings. The quantitative estimate of drug-likeness (QED) is 0.527. The first-order valence-corrected chi connectivity index (χ1v) is 10.1. The van der Waals surface area contributed by atoms with Gasteiger partial charge in [0, 0.05) is 24.0 Å². The Bertz CT molecular complexity index is 1120. The standard InChI is InChI=1S/C21H21N5OS/c1-3-15-14(2)28-21(24-15)25-19(27)11-13-26-18-10-5-4-8-16(18)23-20(26)17-9-6-7-12-22-17/h4-10,12H,3,11,13H2,1-2H3,(H,24,25,27). The molecule has 142 valence electrons. The number of para-hydroxylation sites is 2. The molecule has 0 saturated carbocycles. The number of aryl methyl sites for hydroxylation is 3. The van der Waals surface area contributed by atoms with Gasteiger partial charge in [-0.1, -0.05) is 25.1 Å². The highest BCUT2D eigenvalue weighted by Gasteiger charge is 2.15. The summed E-state index contributed by atoms with van der Waals surface area (Å²) < 4.78 is 2.06. The number of hydrogen-bond acceptors (Lipinski definition) is 5. The predicted molar refractivity (Wildman–Crippen MR) is 112 cm³/mol. The van der Waals surface area contributed by atoms with Crippen LogP contribution >= 0.6 is 11.3 Å². The molecule has 4 aromatic rings. The molecule has 0 radical (unpaired) electrons. The maximum absolute atomic E-state index is 12.5. The van der Waals surface area contributed by atoms with Crippen LogP contribution in [0.3, 0.4) is 0 Å². The Kier molecular flexibility index (Phi) is 5.16. The van der Waals surface area contributed by atoms with E-state index in [0.717, 1.165) is 39.5 Å². The van der Waals surface area contributed by atoms with Crippen LogP contribution in [-0.2, 0) is 17.8 Å². The summed E-state index contributed by atoms with van der Waals surface area (Å²) in [5.41, 5.74) is 3.72. The number of thiazole rings is 1. The number of benzene rings is 1. The van der Waals surface area contributed by atoms with E-state index in [0.29, 0.717) is 18.1 Å². The average molecular weight is 392 g/mol. The summed E-state index contributed by atoms with van der Waals surface area (Å²) in [6.07, 6.45) is 2.95. The molecule has 3 aromatic heterocycles. The van der Waals surface area contributed by atoms with Gasteiger partial charge in [0.2, 0.25) is 5.91 Å². The summed E-state index contributed by atoms with van der Waals surface area (Å²) in [6.45, 7) is 4.61. The van der Waals surface area contributed by atoms with Crippen molar-refractivity contribution in [3.63, 3.8) is 0 Å². The van der Waals surface area contributed by atoms with Crippen LogP contribution in [0.1, 0.15) is 23.9 Å². The van der Waals surface area contributed by atoms with E-state index >= 15 is 0 Å². The van der Waals surface area contributed by atoms with E-state index in [9.17, 15) is 4.79 Å². The van der Waals surface area contributed by atoms with Gasteiger partial charge in [-0.25, -0.2) is 9.97 Å². The highest BCUT2D eigenvalue weighted by atomic mass is 32.1. The van der Waals surface area contributed by atoms with E-state index in [1.54, 1.807) is 6.20 Å². The van der Waals surface area contributed by atoms with Gasteiger partial charge in [0.05, 0.1) is 16.7 Å². The van der Waals surface area contributed by atoms with Crippen LogP contribution in [0, 0.1) is 6.92 Å². The molecule has 0 aliphatic carbocycles. The topological polar surface area (TPSA) is 72.7 Å². The van der Waals surface area contributed by atoms with Gasteiger partial charge >= 0.3 is 0 Å². The third-order valence-electron chi connectivity index (χ3n) is 4.58. The van der Waals surface area contributed by atoms with Crippen molar-refractivity contribution in [3.05, 3.63) is 59.2 Å². The Morgan fingerprint density at radius 1 is 1.14 bits per heavy atom. The smallest absolute Gasteiger partial charge is 0.227 e. The van der Waals surface area contributed by atoms with Crippen LogP contribution in [-0.4, -0.2) is 25.4 Å². The zero-order valence-electron chi connectivity index (χ0n) is 15.8. The molecule has 28 heavy (non-hydrogen) atoms. The van der Waals surface area contributed by atoms with Crippen molar-refractivity contribution < 1.29 is 4.79 Å². The number of fused-ring (bicyclic) bond motifs is 1. The molecule has 0 spiro atoms. The number of nitrogens with one attached hydrogen (secondary N) is 1. The lowest BCUT2D eigenvalue weighted by atomic mass is 10.3. The fraction of sp³-hybridized carbons (Fsp3) is 0.238. The molecule has 0 aliphatic rings. The monoisotopic (exact) mass is 391 g/mol. The molecule has 0 saturated heterocycles. The molecule has 6 nitrogen and oxygen atoms in total. The van der Waals surface area contributed by atoms with Gasteiger partial charge in [-0.2, -0.15) is 0 Å². The minimum atomic E-state index is -0.0545. The van der Waals surface area contributed by atoms with Gasteiger partial charge in [-0.05, 0) is 37.6 Å². The molecule has 7 heteroatoms. The number of imidazole rings is 1. The second-order valence-electron chi connectivity index (χ2n) is 6.46. The van der Waals surface area contributed by atoms with Crippen LogP contribution in [0.15, 0.2) is 48.7 Å². The van der Waals surface area contributed by atoms with Gasteiger partial charge in [0.1, 0.15) is 5.69 Å². The molecular formula is C21H21N5OS. The van der Waals surface area contributed by atoms with Crippen LogP contribution in [0.4, 0.5) is 5.13 Å². The Labute approximate surface area is 167 Å². The van der Waals surface area contributed by atoms with Gasteiger partial charge in [0.15, 0.2) is 11.0 Å². The van der Waals surface area contributed by atoms with Gasteiger partial charge in [-0.15, -0.1) is 11.3 Å². The van der Waals surface area contributed by atoms with Crippen molar-refractivity contribution in [3.8, 4) is 11.5 Å². The first-order chi connectivity index (χ1) is 13.7. The van der Waals surface area contributed by atoms with Gasteiger partial charge in [-0.3, -0.25) is 9.78 Å². The molecule has 1 amide bonds. The van der Waals surface area contributed by atoms with E-state index in [2.05, 4.69) is 26.8 Å². The normalized spacial score (nSPS) is 11.1. The number of pyridine rings is 1. The zero-order valence-corrected chi connectivity index (χ0v) is 16.7. The first-order valence-electron chi connectivity index (χ1n) is 9.28. The summed E-state index contributed by atoms with van der Waals surface area (Å²) in [6, 6.07) is 13.7. The van der Waals surface area contributed by atoms with E-state index < -0.39 is 0 Å². The second-order valence-corrected chi connectivity index (χ2v) is 7.67. The maximum atomic E-state index is 12.5. The third-order valence-corrected chi connectivity index (χ3v) is 5.51. The van der Waals surface area contributed by atoms with E-state index in [1.807, 2.05) is 49.4 Å². The third kappa shape index (κ3) is 3.66. The minimum Gasteiger partial charge on any atom is -0.322 e. The van der Waals surface area contributed by atoms with Crippen LogP contribution in [0.2, 0.25) is 0 Å². The fourth-order valence-corrected chi connectivity index (χ4v) is 4.12. The summed E-state index contributed by atoms with van der Waals surface area (Å²) in [5.74, 6) is 0.717. The Balaban J connectivity index is 1.56. The van der Waals surface area contributed by atoms with Crippen molar-refractivity contribution in [2.45, 2.75) is 33.2 Å². The van der Waals surface area contributed by atoms with Gasteiger partial charge < -0.3 is 9.88 Å². The molecule has 0 bridgehead atoms. The number of carbonyl (C=O) groups is 1. The largest absolute Gasteiger partial charge is 0.322 e. The van der Waals surface area contributed by atoms with Crippen LogP contribution in [0.5, 0.6) is 0 Å². The van der Waals surface area contributed by atoms with E-state index in [-0.39, 0.29) is 5.91 Å².